The van der Waals surface area contributed by atoms with Crippen molar-refractivity contribution in [2.75, 3.05) is 0 Å². The molecular formula is C7H8ClN5O2S2. The summed E-state index contributed by atoms with van der Waals surface area (Å²) in [6, 6.07) is -0.162. The number of nitrogens with zero attached hydrogens (tertiary/aromatic N) is 5. The third-order valence-electron chi connectivity index (χ3n) is 1.99. The summed E-state index contributed by atoms with van der Waals surface area (Å²) in [5.41, 5.74) is 0.475. The highest BCUT2D eigenvalue weighted by Gasteiger charge is 2.25. The number of halogens is 1. The fourth-order valence-electron chi connectivity index (χ4n) is 1.35. The summed E-state index contributed by atoms with van der Waals surface area (Å²) >= 11 is 1.15. The van der Waals surface area contributed by atoms with Gasteiger partial charge in [0.2, 0.25) is 0 Å². The van der Waals surface area contributed by atoms with Gasteiger partial charge in [-0.1, -0.05) is 4.49 Å². The Balaban J connectivity index is 2.68. The number of hydrogen-bond acceptors (Lipinski definition) is 7. The monoisotopic (exact) mass is 293 g/mol. The zero-order chi connectivity index (χ0) is 12.6. The minimum Gasteiger partial charge on any atom is -0.293 e. The lowest BCUT2D eigenvalue weighted by atomic mass is 10.3. The van der Waals surface area contributed by atoms with Crippen LogP contribution in [0.4, 0.5) is 0 Å². The van der Waals surface area contributed by atoms with E-state index in [1.807, 2.05) is 0 Å². The smallest absolute Gasteiger partial charge is 0.293 e. The van der Waals surface area contributed by atoms with Crippen LogP contribution in [0.3, 0.4) is 0 Å². The molecule has 0 spiro atoms. The number of rotatable bonds is 3. The quantitative estimate of drug-likeness (QED) is 0.792. The minimum atomic E-state index is -3.93. The summed E-state index contributed by atoms with van der Waals surface area (Å²) < 4.78 is 27.8. The molecule has 0 bridgehead atoms. The Morgan fingerprint density at radius 2 is 2.06 bits per heavy atom. The van der Waals surface area contributed by atoms with Crippen molar-refractivity contribution < 1.29 is 8.42 Å². The van der Waals surface area contributed by atoms with Crippen LogP contribution in [0.2, 0.25) is 0 Å². The van der Waals surface area contributed by atoms with Crippen molar-refractivity contribution in [3.63, 3.8) is 0 Å². The van der Waals surface area contributed by atoms with E-state index in [4.69, 9.17) is 10.7 Å². The third-order valence-corrected chi connectivity index (χ3v) is 3.62. The Hall–Kier alpha value is -1.06. The van der Waals surface area contributed by atoms with Gasteiger partial charge in [-0.3, -0.25) is 4.57 Å². The predicted molar refractivity (Wildman–Crippen MR) is 62.3 cm³/mol. The topological polar surface area (TPSA) is 90.6 Å². The van der Waals surface area contributed by atoms with Crippen LogP contribution >= 0.6 is 22.2 Å². The largest absolute Gasteiger partial charge is 0.296 e. The summed E-state index contributed by atoms with van der Waals surface area (Å²) in [6.07, 6.45) is 0. The molecule has 0 unspecified atom stereocenters. The molecule has 0 atom stereocenters. The zero-order valence-electron chi connectivity index (χ0n) is 8.90. The molecule has 2 aromatic heterocycles. The fourth-order valence-corrected chi connectivity index (χ4v) is 2.77. The lowest BCUT2D eigenvalue weighted by Crippen LogP contribution is -2.10. The molecule has 0 aromatic carbocycles. The molecule has 0 saturated heterocycles. The predicted octanol–water partition coefficient (Wildman–Crippen LogP) is 1.30. The Bertz CT molecular complexity index is 619. The molecule has 0 fully saturated rings. The van der Waals surface area contributed by atoms with Gasteiger partial charge >= 0.3 is 0 Å². The Morgan fingerprint density at radius 3 is 2.53 bits per heavy atom. The van der Waals surface area contributed by atoms with E-state index >= 15 is 0 Å². The molecule has 0 aliphatic heterocycles. The molecule has 2 rings (SSSR count). The van der Waals surface area contributed by atoms with Crippen LogP contribution in [0.25, 0.3) is 11.5 Å². The maximum atomic E-state index is 11.3. The summed E-state index contributed by atoms with van der Waals surface area (Å²) in [6.45, 7) is 3.61. The van der Waals surface area contributed by atoms with Crippen molar-refractivity contribution in [1.82, 2.24) is 24.4 Å². The van der Waals surface area contributed by atoms with Gasteiger partial charge in [0.15, 0.2) is 5.82 Å². The second-order valence-corrected chi connectivity index (χ2v) is 6.57. The molecule has 0 radical (unpaired) electrons. The van der Waals surface area contributed by atoms with Crippen LogP contribution in [0.5, 0.6) is 0 Å². The van der Waals surface area contributed by atoms with Gasteiger partial charge in [-0.25, -0.2) is 8.42 Å². The second kappa shape index (κ2) is 4.31. The SMILES string of the molecule is CC(C)n1c(-c2csnn2)nnc1S(=O)(=O)Cl. The van der Waals surface area contributed by atoms with Crippen LogP contribution in [0.15, 0.2) is 10.5 Å². The summed E-state index contributed by atoms with van der Waals surface area (Å²) in [5, 5.41) is 12.6. The van der Waals surface area contributed by atoms with E-state index in [0.717, 1.165) is 11.5 Å². The van der Waals surface area contributed by atoms with Crippen molar-refractivity contribution in [2.24, 2.45) is 0 Å². The van der Waals surface area contributed by atoms with E-state index < -0.39 is 9.05 Å². The third kappa shape index (κ3) is 2.31. The summed E-state index contributed by atoms with van der Waals surface area (Å²) in [4.78, 5) is 0. The molecule has 0 aliphatic carbocycles. The van der Waals surface area contributed by atoms with Gasteiger partial charge in [0.1, 0.15) is 5.69 Å². The maximum Gasteiger partial charge on any atom is 0.296 e. The molecule has 2 heterocycles. The normalized spacial score (nSPS) is 12.2. The highest BCUT2D eigenvalue weighted by molar-refractivity contribution is 8.13. The van der Waals surface area contributed by atoms with E-state index in [9.17, 15) is 8.42 Å². The molecule has 92 valence electrons. The van der Waals surface area contributed by atoms with Crippen LogP contribution in [-0.2, 0) is 9.05 Å². The first-order chi connectivity index (χ1) is 7.91. The van der Waals surface area contributed by atoms with Crippen molar-refractivity contribution in [3.05, 3.63) is 5.38 Å². The van der Waals surface area contributed by atoms with Gasteiger partial charge in [-0.15, -0.1) is 15.3 Å². The van der Waals surface area contributed by atoms with Crippen molar-refractivity contribution in [1.29, 1.82) is 0 Å². The average Bonchev–Trinajstić information content (AvgIpc) is 2.84. The van der Waals surface area contributed by atoms with Crippen LogP contribution in [0, 0.1) is 0 Å². The molecule has 17 heavy (non-hydrogen) atoms. The lowest BCUT2D eigenvalue weighted by molar-refractivity contribution is 0.530. The highest BCUT2D eigenvalue weighted by atomic mass is 35.7. The lowest BCUT2D eigenvalue weighted by Gasteiger charge is -2.10. The molecule has 0 aliphatic rings. The first kappa shape index (κ1) is 12.4. The zero-order valence-corrected chi connectivity index (χ0v) is 11.3. The maximum absolute atomic E-state index is 11.3. The van der Waals surface area contributed by atoms with Gasteiger partial charge in [0.25, 0.3) is 14.2 Å². The summed E-state index contributed by atoms with van der Waals surface area (Å²) in [7, 11) is 1.37. The van der Waals surface area contributed by atoms with Gasteiger partial charge in [-0.2, -0.15) is 0 Å². The van der Waals surface area contributed by atoms with Crippen LogP contribution in [-0.4, -0.2) is 32.8 Å². The van der Waals surface area contributed by atoms with Crippen LogP contribution < -0.4 is 0 Å². The van der Waals surface area contributed by atoms with Crippen molar-refractivity contribution in [2.45, 2.75) is 25.0 Å². The standard InChI is InChI=1S/C7H8ClN5O2S2/c1-4(2)13-6(5-3-16-12-9-5)10-11-7(13)17(8,14)15/h3-4H,1-2H3. The van der Waals surface area contributed by atoms with Gasteiger partial charge in [-0.05, 0) is 25.4 Å². The van der Waals surface area contributed by atoms with Gasteiger partial charge in [0.05, 0.1) is 0 Å². The van der Waals surface area contributed by atoms with Crippen molar-refractivity contribution in [3.8, 4) is 11.5 Å². The Morgan fingerprint density at radius 1 is 1.35 bits per heavy atom. The van der Waals surface area contributed by atoms with E-state index in [0.29, 0.717) is 11.5 Å². The van der Waals surface area contributed by atoms with E-state index in [2.05, 4.69) is 19.8 Å². The van der Waals surface area contributed by atoms with Crippen LogP contribution in [0.1, 0.15) is 19.9 Å². The molecule has 0 amide bonds. The van der Waals surface area contributed by atoms with Gasteiger partial charge in [0, 0.05) is 22.1 Å². The molecule has 2 aromatic rings. The number of hydrogen-bond donors (Lipinski definition) is 0. The average molecular weight is 294 g/mol. The first-order valence-corrected chi connectivity index (χ1v) is 7.73. The molecule has 10 heteroatoms. The summed E-state index contributed by atoms with van der Waals surface area (Å²) in [5.74, 6) is 0.341. The van der Waals surface area contributed by atoms with E-state index in [1.54, 1.807) is 19.2 Å². The minimum absolute atomic E-state index is 0.162. The molecular weight excluding hydrogens is 286 g/mol. The van der Waals surface area contributed by atoms with Gasteiger partial charge < -0.3 is 0 Å². The molecule has 7 nitrogen and oxygen atoms in total. The Labute approximate surface area is 106 Å². The van der Waals surface area contributed by atoms with Crippen molar-refractivity contribution >= 4 is 31.3 Å². The van der Waals surface area contributed by atoms with E-state index in [-0.39, 0.29) is 11.2 Å². The second-order valence-electron chi connectivity index (χ2n) is 3.50. The highest BCUT2D eigenvalue weighted by Crippen LogP contribution is 2.25. The Kier molecular flexibility index (Phi) is 3.15. The molecule has 0 saturated carbocycles. The van der Waals surface area contributed by atoms with E-state index in [1.165, 1.54) is 4.57 Å². The fraction of sp³-hybridized carbons (Fsp3) is 0.429. The number of aromatic nitrogens is 5. The first-order valence-electron chi connectivity index (χ1n) is 4.58. The molecule has 0 N–H and O–H groups in total.